The Kier molecular flexibility index (Phi) is 6.30. The van der Waals surface area contributed by atoms with E-state index in [1.165, 1.54) is 0 Å². The minimum Gasteiger partial charge on any atom is -0.489 e. The second kappa shape index (κ2) is 8.23. The third-order valence-electron chi connectivity index (χ3n) is 3.53. The first-order chi connectivity index (χ1) is 11.3. The van der Waals surface area contributed by atoms with Gasteiger partial charge in [0.25, 0.3) is 0 Å². The summed E-state index contributed by atoms with van der Waals surface area (Å²) in [6.07, 6.45) is -3.43. The third kappa shape index (κ3) is 6.27. The number of carbonyl (C=O) groups excluding carboxylic acids is 1. The second-order valence-electron chi connectivity index (χ2n) is 5.69. The van der Waals surface area contributed by atoms with Crippen molar-refractivity contribution in [2.24, 2.45) is 0 Å². The molecule has 0 saturated carbocycles. The number of hydrogen-bond acceptors (Lipinski definition) is 3. The van der Waals surface area contributed by atoms with Gasteiger partial charge < -0.3 is 20.1 Å². The molecule has 0 bridgehead atoms. The Morgan fingerprint density at radius 1 is 1.42 bits per heavy atom. The van der Waals surface area contributed by atoms with Crippen LogP contribution >= 0.6 is 0 Å². The fraction of sp³-hybridized carbons (Fsp3) is 0.562. The smallest absolute Gasteiger partial charge is 0.390 e. The minimum absolute atomic E-state index is 0.0268. The number of ether oxygens (including phenoxy) is 2. The monoisotopic (exact) mass is 346 g/mol. The second-order valence-corrected chi connectivity index (χ2v) is 5.69. The highest BCUT2D eigenvalue weighted by Gasteiger charge is 2.26. The molecule has 2 amide bonds. The molecule has 1 atom stereocenters. The zero-order valence-electron chi connectivity index (χ0n) is 13.4. The third-order valence-corrected chi connectivity index (χ3v) is 3.53. The number of anilines is 1. The van der Waals surface area contributed by atoms with E-state index in [1.807, 2.05) is 6.92 Å². The SMILES string of the molecule is Cc1ccc(NC(=O)NCCC(F)(F)F)c(OCC2CCCO2)c1. The first-order valence-corrected chi connectivity index (χ1v) is 7.80. The van der Waals surface area contributed by atoms with Gasteiger partial charge in [-0.3, -0.25) is 0 Å². The van der Waals surface area contributed by atoms with E-state index < -0.39 is 25.2 Å². The van der Waals surface area contributed by atoms with Crippen LogP contribution in [0.1, 0.15) is 24.8 Å². The van der Waals surface area contributed by atoms with Gasteiger partial charge in [-0.25, -0.2) is 4.79 Å². The maximum absolute atomic E-state index is 12.1. The number of hydrogen-bond donors (Lipinski definition) is 2. The molecule has 134 valence electrons. The van der Waals surface area contributed by atoms with Crippen molar-refractivity contribution < 1.29 is 27.4 Å². The molecule has 0 aromatic heterocycles. The first-order valence-electron chi connectivity index (χ1n) is 7.80. The van der Waals surface area contributed by atoms with E-state index in [0.717, 1.165) is 18.4 Å². The number of benzene rings is 1. The maximum atomic E-state index is 12.1. The highest BCUT2D eigenvalue weighted by molar-refractivity contribution is 5.90. The molecular formula is C16H21F3N2O3. The summed E-state index contributed by atoms with van der Waals surface area (Å²) in [5, 5.41) is 4.69. The summed E-state index contributed by atoms with van der Waals surface area (Å²) in [4.78, 5) is 11.7. The van der Waals surface area contributed by atoms with E-state index >= 15 is 0 Å². The molecule has 5 nitrogen and oxygen atoms in total. The number of alkyl halides is 3. The van der Waals surface area contributed by atoms with Crippen molar-refractivity contribution in [1.82, 2.24) is 5.32 Å². The van der Waals surface area contributed by atoms with Crippen LogP contribution in [0.3, 0.4) is 0 Å². The zero-order valence-corrected chi connectivity index (χ0v) is 13.4. The fourth-order valence-corrected chi connectivity index (χ4v) is 2.30. The predicted molar refractivity (Wildman–Crippen MR) is 83.3 cm³/mol. The Morgan fingerprint density at radius 3 is 2.88 bits per heavy atom. The number of halogens is 3. The lowest BCUT2D eigenvalue weighted by Gasteiger charge is -2.16. The summed E-state index contributed by atoms with van der Waals surface area (Å²) < 4.78 is 47.5. The van der Waals surface area contributed by atoms with Crippen LogP contribution in [0.5, 0.6) is 5.75 Å². The highest BCUT2D eigenvalue weighted by atomic mass is 19.4. The molecule has 1 aromatic carbocycles. The molecular weight excluding hydrogens is 325 g/mol. The summed E-state index contributed by atoms with van der Waals surface area (Å²) in [6.45, 7) is 2.49. The van der Waals surface area contributed by atoms with Crippen molar-refractivity contribution in [3.05, 3.63) is 23.8 Å². The van der Waals surface area contributed by atoms with Crippen molar-refractivity contribution in [1.29, 1.82) is 0 Å². The van der Waals surface area contributed by atoms with Crippen molar-refractivity contribution in [2.45, 2.75) is 38.5 Å². The average Bonchev–Trinajstić information content (AvgIpc) is 2.99. The van der Waals surface area contributed by atoms with Crippen LogP contribution in [0.25, 0.3) is 0 Å². The van der Waals surface area contributed by atoms with Gasteiger partial charge in [-0.2, -0.15) is 13.2 Å². The number of urea groups is 1. The first kappa shape index (κ1) is 18.4. The Bertz CT molecular complexity index is 558. The van der Waals surface area contributed by atoms with Gasteiger partial charge in [0, 0.05) is 13.2 Å². The molecule has 1 unspecified atom stereocenters. The summed E-state index contributed by atoms with van der Waals surface area (Å²) in [5.74, 6) is 0.469. The van der Waals surface area contributed by atoms with Gasteiger partial charge in [-0.15, -0.1) is 0 Å². The number of carbonyl (C=O) groups is 1. The van der Waals surface area contributed by atoms with Gasteiger partial charge in [0.1, 0.15) is 12.4 Å². The summed E-state index contributed by atoms with van der Waals surface area (Å²) in [5.41, 5.74) is 1.35. The van der Waals surface area contributed by atoms with Gasteiger partial charge in [0.2, 0.25) is 0 Å². The average molecular weight is 346 g/mol. The lowest BCUT2D eigenvalue weighted by Crippen LogP contribution is -2.32. The maximum Gasteiger partial charge on any atom is 0.390 e. The molecule has 1 fully saturated rings. The number of aryl methyl sites for hydroxylation is 1. The zero-order chi connectivity index (χ0) is 17.6. The summed E-state index contributed by atoms with van der Waals surface area (Å²) in [7, 11) is 0. The van der Waals surface area contributed by atoms with E-state index in [9.17, 15) is 18.0 Å². The normalized spacial score (nSPS) is 17.6. The molecule has 2 N–H and O–H groups in total. The van der Waals surface area contributed by atoms with Crippen molar-refractivity contribution in [2.75, 3.05) is 25.1 Å². The molecule has 1 aliphatic heterocycles. The standard InChI is InChI=1S/C16H21F3N2O3/c1-11-4-5-13(21-15(22)20-7-6-16(17,18)19)14(9-11)24-10-12-3-2-8-23-12/h4-5,9,12H,2-3,6-8,10H2,1H3,(H2,20,21,22). The quantitative estimate of drug-likeness (QED) is 0.827. The van der Waals surface area contributed by atoms with Gasteiger partial charge in [0.15, 0.2) is 0 Å². The van der Waals surface area contributed by atoms with Crippen molar-refractivity contribution in [3.63, 3.8) is 0 Å². The fourth-order valence-electron chi connectivity index (χ4n) is 2.30. The highest BCUT2D eigenvalue weighted by Crippen LogP contribution is 2.27. The lowest BCUT2D eigenvalue weighted by atomic mass is 10.2. The van der Waals surface area contributed by atoms with Crippen molar-refractivity contribution >= 4 is 11.7 Å². The Labute approximate surface area is 138 Å². The van der Waals surface area contributed by atoms with Gasteiger partial charge in [-0.1, -0.05) is 6.07 Å². The summed E-state index contributed by atoms with van der Waals surface area (Å²) >= 11 is 0. The molecule has 1 heterocycles. The topological polar surface area (TPSA) is 59.6 Å². The van der Waals surface area contributed by atoms with Crippen LogP contribution in [0.4, 0.5) is 23.7 Å². The van der Waals surface area contributed by atoms with Crippen LogP contribution in [0.15, 0.2) is 18.2 Å². The lowest BCUT2D eigenvalue weighted by molar-refractivity contribution is -0.132. The van der Waals surface area contributed by atoms with Crippen LogP contribution in [-0.2, 0) is 4.74 Å². The molecule has 0 aliphatic carbocycles. The van der Waals surface area contributed by atoms with E-state index in [1.54, 1.807) is 18.2 Å². The minimum atomic E-state index is -4.30. The van der Waals surface area contributed by atoms with Crippen LogP contribution in [0.2, 0.25) is 0 Å². The number of amides is 2. The Balaban J connectivity index is 1.89. The van der Waals surface area contributed by atoms with Gasteiger partial charge in [-0.05, 0) is 37.5 Å². The van der Waals surface area contributed by atoms with Crippen LogP contribution < -0.4 is 15.4 Å². The molecule has 24 heavy (non-hydrogen) atoms. The van der Waals surface area contributed by atoms with E-state index in [0.29, 0.717) is 24.7 Å². The van der Waals surface area contributed by atoms with Crippen LogP contribution in [-0.4, -0.2) is 38.1 Å². The van der Waals surface area contributed by atoms with Gasteiger partial charge in [0.05, 0.1) is 18.2 Å². The number of rotatable bonds is 6. The molecule has 2 rings (SSSR count). The van der Waals surface area contributed by atoms with E-state index in [2.05, 4.69) is 10.6 Å². The predicted octanol–water partition coefficient (Wildman–Crippen LogP) is 3.63. The van der Waals surface area contributed by atoms with Gasteiger partial charge >= 0.3 is 12.2 Å². The molecule has 8 heteroatoms. The molecule has 0 spiro atoms. The van der Waals surface area contributed by atoms with Crippen LogP contribution in [0, 0.1) is 6.92 Å². The largest absolute Gasteiger partial charge is 0.489 e. The molecule has 1 saturated heterocycles. The summed E-state index contributed by atoms with van der Waals surface area (Å²) in [6, 6.07) is 4.50. The van der Waals surface area contributed by atoms with Crippen molar-refractivity contribution in [3.8, 4) is 5.75 Å². The number of nitrogens with one attached hydrogen (secondary N) is 2. The molecule has 0 radical (unpaired) electrons. The van der Waals surface area contributed by atoms with E-state index in [4.69, 9.17) is 9.47 Å². The Hall–Kier alpha value is -1.96. The Morgan fingerprint density at radius 2 is 2.21 bits per heavy atom. The molecule has 1 aromatic rings. The van der Waals surface area contributed by atoms with E-state index in [-0.39, 0.29) is 6.10 Å². The molecule has 1 aliphatic rings.